The molecule has 4 bridgehead atoms. The molecule has 0 spiro atoms. The van der Waals surface area contributed by atoms with E-state index in [1.165, 1.54) is 6.42 Å². The average molecular weight is 357 g/mol. The van der Waals surface area contributed by atoms with Crippen molar-refractivity contribution in [3.05, 3.63) is 18.5 Å². The molecule has 3 N–H and O–H groups in total. The van der Waals surface area contributed by atoms with E-state index in [1.807, 2.05) is 0 Å². The summed E-state index contributed by atoms with van der Waals surface area (Å²) >= 11 is 0. The lowest BCUT2D eigenvalue weighted by Crippen LogP contribution is -2.65. The van der Waals surface area contributed by atoms with Gasteiger partial charge in [0.15, 0.2) is 0 Å². The second kappa shape index (κ2) is 6.52. The monoisotopic (exact) mass is 357 g/mol. The Morgan fingerprint density at radius 1 is 1.12 bits per heavy atom. The fourth-order valence-electron chi connectivity index (χ4n) is 5.98. The minimum Gasteiger partial charge on any atom is -0.354 e. The Balaban J connectivity index is 1.37. The number of anilines is 1. The molecule has 1 heterocycles. The van der Waals surface area contributed by atoms with Crippen LogP contribution in [-0.4, -0.2) is 40.4 Å². The average Bonchev–Trinajstić information content (AvgIpc) is 2.57. The maximum Gasteiger partial charge on any atom is 0.226 e. The van der Waals surface area contributed by atoms with E-state index in [0.717, 1.165) is 32.1 Å². The van der Waals surface area contributed by atoms with Crippen LogP contribution in [0.1, 0.15) is 45.4 Å². The van der Waals surface area contributed by atoms with Crippen LogP contribution < -0.4 is 16.0 Å². The highest BCUT2D eigenvalue weighted by Crippen LogP contribution is 2.61. The minimum absolute atomic E-state index is 0.0227. The van der Waals surface area contributed by atoms with Crippen LogP contribution in [0, 0.1) is 17.3 Å². The lowest BCUT2D eigenvalue weighted by atomic mass is 9.46. The zero-order valence-electron chi connectivity index (χ0n) is 15.3. The van der Waals surface area contributed by atoms with Crippen molar-refractivity contribution >= 4 is 17.8 Å². The topological polar surface area (TPSA) is 96.0 Å². The predicted octanol–water partition coefficient (Wildman–Crippen LogP) is 1.48. The van der Waals surface area contributed by atoms with Crippen molar-refractivity contribution < 1.29 is 9.59 Å². The Bertz CT molecular complexity index is 678. The lowest BCUT2D eigenvalue weighted by Gasteiger charge is -2.61. The maximum absolute atomic E-state index is 13.1. The molecule has 4 aliphatic carbocycles. The Morgan fingerprint density at radius 2 is 1.81 bits per heavy atom. The summed E-state index contributed by atoms with van der Waals surface area (Å²) in [5.41, 5.74) is -0.473. The first kappa shape index (κ1) is 17.2. The second-order valence-corrected chi connectivity index (χ2v) is 8.46. The van der Waals surface area contributed by atoms with E-state index in [9.17, 15) is 9.59 Å². The SMILES string of the molecule is CC(=O)NC12C[C@@H]3C[C@@H](C1)CC(C(=O)NCCNc1ncccn1)(C3)C2. The van der Waals surface area contributed by atoms with Gasteiger partial charge >= 0.3 is 0 Å². The number of nitrogens with zero attached hydrogens (tertiary/aromatic N) is 2. The van der Waals surface area contributed by atoms with Crippen molar-refractivity contribution in [2.24, 2.45) is 17.3 Å². The molecule has 0 unspecified atom stereocenters. The molecule has 0 saturated heterocycles. The maximum atomic E-state index is 13.1. The minimum atomic E-state index is -0.310. The third-order valence-electron chi connectivity index (χ3n) is 6.24. The highest BCUT2D eigenvalue weighted by molar-refractivity contribution is 5.84. The first-order valence-electron chi connectivity index (χ1n) is 9.57. The fourth-order valence-corrected chi connectivity index (χ4v) is 5.98. The highest BCUT2D eigenvalue weighted by Gasteiger charge is 2.60. The first-order valence-corrected chi connectivity index (χ1v) is 9.57. The summed E-state index contributed by atoms with van der Waals surface area (Å²) in [6.07, 6.45) is 9.36. The van der Waals surface area contributed by atoms with Crippen molar-refractivity contribution in [3.8, 4) is 0 Å². The number of carbonyl (C=O) groups excluding carboxylic acids is 2. The van der Waals surface area contributed by atoms with E-state index in [4.69, 9.17) is 0 Å². The number of carbonyl (C=O) groups is 2. The van der Waals surface area contributed by atoms with Gasteiger partial charge in [0.1, 0.15) is 0 Å². The Labute approximate surface area is 153 Å². The number of aromatic nitrogens is 2. The van der Waals surface area contributed by atoms with E-state index in [1.54, 1.807) is 25.4 Å². The predicted molar refractivity (Wildman–Crippen MR) is 97.2 cm³/mol. The molecule has 0 aromatic carbocycles. The fraction of sp³-hybridized carbons (Fsp3) is 0.684. The molecule has 4 saturated carbocycles. The standard InChI is InChI=1S/C19H27N5O2/c1-13(25)24-19-10-14-7-15(11-19)9-18(8-14,12-19)16(26)20-5-6-23-17-21-3-2-4-22-17/h2-4,14-15H,5-12H2,1H3,(H,20,26)(H,24,25)(H,21,22,23)/t14-,15-,18?,19?/m1/s1. The van der Waals surface area contributed by atoms with Gasteiger partial charge in [-0.25, -0.2) is 9.97 Å². The quantitative estimate of drug-likeness (QED) is 0.670. The van der Waals surface area contributed by atoms with E-state index in [-0.39, 0.29) is 22.8 Å². The van der Waals surface area contributed by atoms with Gasteiger partial charge in [-0.2, -0.15) is 0 Å². The molecule has 2 atom stereocenters. The lowest BCUT2D eigenvalue weighted by molar-refractivity contribution is -0.153. The van der Waals surface area contributed by atoms with E-state index in [2.05, 4.69) is 25.9 Å². The van der Waals surface area contributed by atoms with Gasteiger partial charge in [-0.3, -0.25) is 9.59 Å². The zero-order chi connectivity index (χ0) is 18.2. The van der Waals surface area contributed by atoms with Crippen molar-refractivity contribution in [3.63, 3.8) is 0 Å². The molecule has 1 aromatic heterocycles. The van der Waals surface area contributed by atoms with Crippen LogP contribution >= 0.6 is 0 Å². The van der Waals surface area contributed by atoms with Crippen LogP contribution in [0.4, 0.5) is 5.95 Å². The van der Waals surface area contributed by atoms with Crippen molar-refractivity contribution in [2.75, 3.05) is 18.4 Å². The molecule has 4 fully saturated rings. The molecule has 0 radical (unpaired) electrons. The first-order chi connectivity index (χ1) is 12.5. The molecular weight excluding hydrogens is 330 g/mol. The molecular formula is C19H27N5O2. The molecule has 7 heteroatoms. The molecule has 5 rings (SSSR count). The van der Waals surface area contributed by atoms with Crippen LogP contribution in [0.5, 0.6) is 0 Å². The van der Waals surface area contributed by atoms with Crippen LogP contribution in [-0.2, 0) is 9.59 Å². The van der Waals surface area contributed by atoms with E-state index < -0.39 is 0 Å². The third-order valence-corrected chi connectivity index (χ3v) is 6.24. The Kier molecular flexibility index (Phi) is 4.32. The van der Waals surface area contributed by atoms with Gasteiger partial charge in [0.2, 0.25) is 17.8 Å². The van der Waals surface area contributed by atoms with Gasteiger partial charge in [-0.1, -0.05) is 0 Å². The molecule has 0 aliphatic heterocycles. The van der Waals surface area contributed by atoms with Gasteiger partial charge in [0.25, 0.3) is 0 Å². The summed E-state index contributed by atoms with van der Waals surface area (Å²) < 4.78 is 0. The van der Waals surface area contributed by atoms with Crippen LogP contribution in [0.25, 0.3) is 0 Å². The summed E-state index contributed by atoms with van der Waals surface area (Å²) in [6.45, 7) is 2.72. The molecule has 1 aromatic rings. The summed E-state index contributed by atoms with van der Waals surface area (Å²) in [4.78, 5) is 33.0. The Morgan fingerprint density at radius 3 is 2.46 bits per heavy atom. The number of hydrogen-bond donors (Lipinski definition) is 3. The third kappa shape index (κ3) is 3.27. The highest BCUT2D eigenvalue weighted by atomic mass is 16.2. The van der Waals surface area contributed by atoms with Gasteiger partial charge in [0, 0.05) is 37.9 Å². The normalized spacial score (nSPS) is 34.3. The summed E-state index contributed by atoms with van der Waals surface area (Å²) in [5, 5.41) is 9.43. The zero-order valence-corrected chi connectivity index (χ0v) is 15.3. The van der Waals surface area contributed by atoms with Crippen molar-refractivity contribution in [1.29, 1.82) is 0 Å². The van der Waals surface area contributed by atoms with Gasteiger partial charge in [-0.15, -0.1) is 0 Å². The van der Waals surface area contributed by atoms with Gasteiger partial charge in [-0.05, 0) is 56.4 Å². The Hall–Kier alpha value is -2.18. The molecule has 4 aliphatic rings. The van der Waals surface area contributed by atoms with Crippen molar-refractivity contribution in [1.82, 2.24) is 20.6 Å². The molecule has 140 valence electrons. The van der Waals surface area contributed by atoms with E-state index in [0.29, 0.717) is 30.9 Å². The number of nitrogens with one attached hydrogen (secondary N) is 3. The van der Waals surface area contributed by atoms with Crippen LogP contribution in [0.3, 0.4) is 0 Å². The summed E-state index contributed by atoms with van der Waals surface area (Å²) in [5.74, 6) is 1.86. The summed E-state index contributed by atoms with van der Waals surface area (Å²) in [6, 6.07) is 1.77. The molecule has 2 amide bonds. The number of hydrogen-bond acceptors (Lipinski definition) is 5. The summed E-state index contributed by atoms with van der Waals surface area (Å²) in [7, 11) is 0. The molecule has 26 heavy (non-hydrogen) atoms. The van der Waals surface area contributed by atoms with Crippen LogP contribution in [0.15, 0.2) is 18.5 Å². The molecule has 7 nitrogen and oxygen atoms in total. The number of rotatable bonds is 6. The van der Waals surface area contributed by atoms with E-state index >= 15 is 0 Å². The smallest absolute Gasteiger partial charge is 0.226 e. The van der Waals surface area contributed by atoms with Crippen molar-refractivity contribution in [2.45, 2.75) is 51.0 Å². The largest absolute Gasteiger partial charge is 0.354 e. The van der Waals surface area contributed by atoms with Gasteiger partial charge in [0.05, 0.1) is 5.41 Å². The van der Waals surface area contributed by atoms with Gasteiger partial charge < -0.3 is 16.0 Å². The second-order valence-electron chi connectivity index (χ2n) is 8.46. The van der Waals surface area contributed by atoms with Crippen LogP contribution in [0.2, 0.25) is 0 Å². The number of amides is 2.